The van der Waals surface area contributed by atoms with Crippen LogP contribution in [-0.4, -0.2) is 26.0 Å². The summed E-state index contributed by atoms with van der Waals surface area (Å²) in [6.07, 6.45) is 3.34. The van der Waals surface area contributed by atoms with E-state index in [0.717, 1.165) is 17.1 Å². The highest BCUT2D eigenvalue weighted by Crippen LogP contribution is 2.27. The van der Waals surface area contributed by atoms with E-state index in [2.05, 4.69) is 26.5 Å². The molecule has 0 atom stereocenters. The van der Waals surface area contributed by atoms with Crippen molar-refractivity contribution in [2.24, 2.45) is 7.05 Å². The first-order chi connectivity index (χ1) is 9.08. The van der Waals surface area contributed by atoms with Crippen LogP contribution in [0.2, 0.25) is 0 Å². The van der Waals surface area contributed by atoms with Crippen molar-refractivity contribution in [3.05, 3.63) is 23.3 Å². The third-order valence-electron chi connectivity index (χ3n) is 2.87. The molecule has 6 nitrogen and oxygen atoms in total. The van der Waals surface area contributed by atoms with E-state index in [1.165, 1.54) is 18.1 Å². The maximum absolute atomic E-state index is 9.25. The first-order valence-corrected chi connectivity index (χ1v) is 6.87. The Bertz CT molecular complexity index is 655. The Morgan fingerprint density at radius 2 is 2.11 bits per heavy atom. The summed E-state index contributed by atoms with van der Waals surface area (Å²) >= 11 is 1.42. The van der Waals surface area contributed by atoms with Gasteiger partial charge in [-0.15, -0.1) is 11.8 Å². The van der Waals surface area contributed by atoms with Crippen molar-refractivity contribution in [1.29, 1.82) is 5.26 Å². The molecule has 0 aromatic carbocycles. The van der Waals surface area contributed by atoms with Gasteiger partial charge in [-0.1, -0.05) is 0 Å². The summed E-state index contributed by atoms with van der Waals surface area (Å²) in [7, 11) is 1.88. The first-order valence-electron chi connectivity index (χ1n) is 5.64. The number of hydrogen-bond donors (Lipinski definition) is 1. The van der Waals surface area contributed by atoms with Crippen molar-refractivity contribution >= 4 is 23.3 Å². The van der Waals surface area contributed by atoms with Gasteiger partial charge < -0.3 is 5.32 Å². The zero-order valence-electron chi connectivity index (χ0n) is 11.2. The first kappa shape index (κ1) is 13.4. The van der Waals surface area contributed by atoms with Gasteiger partial charge in [0.15, 0.2) is 5.82 Å². The van der Waals surface area contributed by atoms with E-state index < -0.39 is 0 Å². The Hall–Kier alpha value is -2.07. The lowest BCUT2D eigenvalue weighted by atomic mass is 10.3. The van der Waals surface area contributed by atoms with E-state index in [9.17, 15) is 5.26 Å². The Balaban J connectivity index is 2.47. The summed E-state index contributed by atoms with van der Waals surface area (Å²) in [5.41, 5.74) is 3.20. The van der Waals surface area contributed by atoms with Crippen LogP contribution in [0.4, 0.5) is 11.5 Å². The topological polar surface area (TPSA) is 79.4 Å². The number of hydrogen-bond acceptors (Lipinski definition) is 6. The lowest BCUT2D eigenvalue weighted by molar-refractivity contribution is 0.731. The van der Waals surface area contributed by atoms with Crippen molar-refractivity contribution in [2.45, 2.75) is 18.9 Å². The summed E-state index contributed by atoms with van der Waals surface area (Å²) in [6, 6.07) is 2.15. The zero-order valence-corrected chi connectivity index (χ0v) is 12.0. The van der Waals surface area contributed by atoms with Gasteiger partial charge in [0.05, 0.1) is 17.1 Å². The predicted octanol–water partition coefficient (Wildman–Crippen LogP) is 2.16. The molecule has 0 unspecified atom stereocenters. The lowest BCUT2D eigenvalue weighted by Gasteiger charge is -2.09. The van der Waals surface area contributed by atoms with Crippen LogP contribution in [-0.2, 0) is 7.05 Å². The lowest BCUT2D eigenvalue weighted by Crippen LogP contribution is -2.02. The van der Waals surface area contributed by atoms with Crippen molar-refractivity contribution in [3.8, 4) is 6.07 Å². The Labute approximate surface area is 115 Å². The van der Waals surface area contributed by atoms with E-state index in [1.807, 2.05) is 27.2 Å². The Kier molecular flexibility index (Phi) is 3.71. The van der Waals surface area contributed by atoms with Gasteiger partial charge in [0.2, 0.25) is 0 Å². The average Bonchev–Trinajstić information content (AvgIpc) is 2.65. The molecule has 7 heteroatoms. The van der Waals surface area contributed by atoms with Gasteiger partial charge >= 0.3 is 0 Å². The van der Waals surface area contributed by atoms with Gasteiger partial charge in [-0.25, -0.2) is 9.97 Å². The van der Waals surface area contributed by atoms with Crippen LogP contribution < -0.4 is 5.32 Å². The normalized spacial score (nSPS) is 10.3. The second kappa shape index (κ2) is 5.28. The third kappa shape index (κ3) is 2.39. The van der Waals surface area contributed by atoms with E-state index in [4.69, 9.17) is 0 Å². The zero-order chi connectivity index (χ0) is 14.0. The van der Waals surface area contributed by atoms with Crippen molar-refractivity contribution in [2.75, 3.05) is 11.6 Å². The van der Waals surface area contributed by atoms with Gasteiger partial charge in [-0.05, 0) is 20.1 Å². The molecule has 0 bridgehead atoms. The number of nitrogens with zero attached hydrogens (tertiary/aromatic N) is 5. The van der Waals surface area contributed by atoms with Gasteiger partial charge in [-0.2, -0.15) is 10.4 Å². The minimum atomic E-state index is 0.456. The molecule has 98 valence electrons. The summed E-state index contributed by atoms with van der Waals surface area (Å²) in [5, 5.41) is 17.4. The highest BCUT2D eigenvalue weighted by molar-refractivity contribution is 7.98. The molecule has 2 heterocycles. The molecule has 0 amide bonds. The van der Waals surface area contributed by atoms with Crippen LogP contribution in [0.5, 0.6) is 0 Å². The third-order valence-corrected chi connectivity index (χ3v) is 3.57. The van der Waals surface area contributed by atoms with Crippen molar-refractivity contribution in [3.63, 3.8) is 0 Å². The van der Waals surface area contributed by atoms with Crippen molar-refractivity contribution in [1.82, 2.24) is 19.7 Å². The van der Waals surface area contributed by atoms with E-state index in [1.54, 1.807) is 4.68 Å². The molecule has 0 saturated carbocycles. The minimum absolute atomic E-state index is 0.456. The fraction of sp³-hybridized carbons (Fsp3) is 0.333. The highest BCUT2D eigenvalue weighted by Gasteiger charge is 2.15. The SMILES string of the molecule is CSc1ncnc(Nc2c(C)nn(C)c2C)c1C#N. The van der Waals surface area contributed by atoms with Crippen LogP contribution in [0.3, 0.4) is 0 Å². The van der Waals surface area contributed by atoms with E-state index in [0.29, 0.717) is 16.4 Å². The average molecular weight is 274 g/mol. The summed E-state index contributed by atoms with van der Waals surface area (Å²) < 4.78 is 1.79. The summed E-state index contributed by atoms with van der Waals surface area (Å²) in [4.78, 5) is 8.24. The van der Waals surface area contributed by atoms with Crippen LogP contribution >= 0.6 is 11.8 Å². The van der Waals surface area contributed by atoms with Crippen LogP contribution in [0.25, 0.3) is 0 Å². The standard InChI is InChI=1S/C12H14N6S/c1-7-10(8(2)18(3)17-7)16-11-9(5-13)12(19-4)15-6-14-11/h6H,1-4H3,(H,14,15,16). The molecule has 2 rings (SSSR count). The van der Waals surface area contributed by atoms with Crippen LogP contribution in [0.15, 0.2) is 11.4 Å². The quantitative estimate of drug-likeness (QED) is 0.682. The van der Waals surface area contributed by atoms with E-state index in [-0.39, 0.29) is 0 Å². The molecular formula is C12H14N6S. The monoisotopic (exact) mass is 274 g/mol. The smallest absolute Gasteiger partial charge is 0.153 e. The molecule has 0 aliphatic heterocycles. The number of nitriles is 1. The fourth-order valence-electron chi connectivity index (χ4n) is 1.79. The molecule has 1 N–H and O–H groups in total. The molecular weight excluding hydrogens is 260 g/mol. The van der Waals surface area contributed by atoms with E-state index >= 15 is 0 Å². The maximum atomic E-state index is 9.25. The molecule has 0 spiro atoms. The molecule has 0 aliphatic carbocycles. The number of aryl methyl sites for hydroxylation is 2. The molecule has 0 radical (unpaired) electrons. The molecule has 19 heavy (non-hydrogen) atoms. The Morgan fingerprint density at radius 1 is 1.37 bits per heavy atom. The number of nitrogens with one attached hydrogen (secondary N) is 1. The van der Waals surface area contributed by atoms with Gasteiger partial charge in [-0.3, -0.25) is 4.68 Å². The minimum Gasteiger partial charge on any atom is -0.336 e. The number of rotatable bonds is 3. The van der Waals surface area contributed by atoms with Gasteiger partial charge in [0, 0.05) is 7.05 Å². The Morgan fingerprint density at radius 3 is 2.63 bits per heavy atom. The number of anilines is 2. The molecule has 0 fully saturated rings. The van der Waals surface area contributed by atoms with Gasteiger partial charge in [0.25, 0.3) is 0 Å². The summed E-state index contributed by atoms with van der Waals surface area (Å²) in [5.74, 6) is 0.515. The maximum Gasteiger partial charge on any atom is 0.153 e. The predicted molar refractivity (Wildman–Crippen MR) is 74.5 cm³/mol. The number of thioether (sulfide) groups is 1. The molecule has 2 aromatic rings. The molecule has 0 saturated heterocycles. The summed E-state index contributed by atoms with van der Waals surface area (Å²) in [6.45, 7) is 3.88. The molecule has 0 aliphatic rings. The second-order valence-electron chi connectivity index (χ2n) is 4.01. The fourth-order valence-corrected chi connectivity index (χ4v) is 2.29. The number of aromatic nitrogens is 4. The second-order valence-corrected chi connectivity index (χ2v) is 4.81. The van der Waals surface area contributed by atoms with Crippen LogP contribution in [0, 0.1) is 25.2 Å². The van der Waals surface area contributed by atoms with Gasteiger partial charge in [0.1, 0.15) is 23.0 Å². The molecule has 2 aromatic heterocycles. The highest BCUT2D eigenvalue weighted by atomic mass is 32.2. The van der Waals surface area contributed by atoms with Crippen molar-refractivity contribution < 1.29 is 0 Å². The van der Waals surface area contributed by atoms with Crippen LogP contribution in [0.1, 0.15) is 17.0 Å². The largest absolute Gasteiger partial charge is 0.336 e.